The van der Waals surface area contributed by atoms with Gasteiger partial charge < -0.3 is 10.3 Å². The third-order valence-corrected chi connectivity index (χ3v) is 3.25. The van der Waals surface area contributed by atoms with Crippen molar-refractivity contribution < 1.29 is 12.9 Å². The first-order valence-electron chi connectivity index (χ1n) is 4.66. The number of aromatic nitrogens is 2. The summed E-state index contributed by atoms with van der Waals surface area (Å²) in [6.07, 6.45) is 1.35. The van der Waals surface area contributed by atoms with Crippen molar-refractivity contribution in [1.29, 1.82) is 0 Å². The van der Waals surface area contributed by atoms with E-state index < -0.39 is 10.0 Å². The average molecular weight is 254 g/mol. The summed E-state index contributed by atoms with van der Waals surface area (Å²) in [4.78, 5) is 3.72. The number of rotatable bonds is 3. The molecule has 0 aliphatic carbocycles. The molecule has 0 aromatic carbocycles. The van der Waals surface area contributed by atoms with Crippen LogP contribution in [0.25, 0.3) is 0 Å². The van der Waals surface area contributed by atoms with E-state index in [1.807, 2.05) is 0 Å². The van der Waals surface area contributed by atoms with E-state index in [2.05, 4.69) is 14.9 Å². The van der Waals surface area contributed by atoms with Crippen LogP contribution >= 0.6 is 0 Å². The molecule has 0 spiro atoms. The number of anilines is 2. The van der Waals surface area contributed by atoms with Gasteiger partial charge in [0.05, 0.1) is 5.69 Å². The topological polar surface area (TPSA) is 111 Å². The lowest BCUT2D eigenvalue weighted by Crippen LogP contribution is -2.16. The van der Waals surface area contributed by atoms with Gasteiger partial charge in [0.25, 0.3) is 10.0 Å². The Kier molecular flexibility index (Phi) is 2.72. The zero-order valence-corrected chi connectivity index (χ0v) is 9.73. The molecule has 0 atom stereocenters. The minimum absolute atomic E-state index is 0.0696. The van der Waals surface area contributed by atoms with Crippen LogP contribution in [-0.4, -0.2) is 18.6 Å². The molecule has 90 valence electrons. The van der Waals surface area contributed by atoms with E-state index in [0.717, 1.165) is 0 Å². The fraction of sp³-hybridized carbons (Fsp3) is 0.111. The van der Waals surface area contributed by atoms with Crippen LogP contribution in [0.3, 0.4) is 0 Å². The van der Waals surface area contributed by atoms with Gasteiger partial charge in [0.15, 0.2) is 10.8 Å². The van der Waals surface area contributed by atoms with Gasteiger partial charge >= 0.3 is 0 Å². The summed E-state index contributed by atoms with van der Waals surface area (Å²) < 4.78 is 30.8. The second-order valence-electron chi connectivity index (χ2n) is 3.33. The molecule has 3 N–H and O–H groups in total. The standard InChI is InChI=1S/C9H10N4O3S/c1-6-5-8(12-16-6)13-17(14,15)9-7(10)3-2-4-11-9/h2-5H,10H2,1H3,(H,12,13). The predicted octanol–water partition coefficient (Wildman–Crippen LogP) is 0.761. The molecule has 2 aromatic heterocycles. The van der Waals surface area contributed by atoms with Crippen molar-refractivity contribution in [2.75, 3.05) is 10.5 Å². The molecular weight excluding hydrogens is 244 g/mol. The number of aryl methyl sites for hydroxylation is 1. The van der Waals surface area contributed by atoms with Gasteiger partial charge in [-0.2, -0.15) is 8.42 Å². The summed E-state index contributed by atoms with van der Waals surface area (Å²) >= 11 is 0. The molecule has 0 bridgehead atoms. The Morgan fingerprint density at radius 3 is 2.82 bits per heavy atom. The molecule has 0 unspecified atom stereocenters. The summed E-state index contributed by atoms with van der Waals surface area (Å²) in [5.41, 5.74) is 5.61. The second-order valence-corrected chi connectivity index (χ2v) is 4.92. The molecule has 2 heterocycles. The second kappa shape index (κ2) is 4.06. The smallest absolute Gasteiger partial charge is 0.282 e. The third-order valence-electron chi connectivity index (χ3n) is 1.92. The molecule has 0 radical (unpaired) electrons. The van der Waals surface area contributed by atoms with E-state index in [-0.39, 0.29) is 16.5 Å². The van der Waals surface area contributed by atoms with Crippen molar-refractivity contribution >= 4 is 21.5 Å². The Labute approximate surface area is 97.7 Å². The molecule has 0 aliphatic heterocycles. The first kappa shape index (κ1) is 11.4. The van der Waals surface area contributed by atoms with Crippen molar-refractivity contribution in [1.82, 2.24) is 10.1 Å². The molecule has 0 amide bonds. The Morgan fingerprint density at radius 1 is 1.47 bits per heavy atom. The zero-order chi connectivity index (χ0) is 12.5. The van der Waals surface area contributed by atoms with Gasteiger partial charge in [-0.05, 0) is 19.1 Å². The van der Waals surface area contributed by atoms with E-state index in [0.29, 0.717) is 5.76 Å². The molecular formula is C9H10N4O3S. The Hall–Kier alpha value is -2.09. The van der Waals surface area contributed by atoms with Crippen molar-refractivity contribution in [3.8, 4) is 0 Å². The van der Waals surface area contributed by atoms with Crippen LogP contribution in [0.15, 0.2) is 33.9 Å². The van der Waals surface area contributed by atoms with Crippen LogP contribution < -0.4 is 10.5 Å². The van der Waals surface area contributed by atoms with Crippen LogP contribution in [0.2, 0.25) is 0 Å². The highest BCUT2D eigenvalue weighted by Crippen LogP contribution is 2.18. The van der Waals surface area contributed by atoms with Gasteiger partial charge in [-0.15, -0.1) is 0 Å². The molecule has 7 nitrogen and oxygen atoms in total. The molecule has 0 saturated heterocycles. The number of hydrogen-bond acceptors (Lipinski definition) is 6. The summed E-state index contributed by atoms with van der Waals surface area (Å²) in [6, 6.07) is 4.46. The lowest BCUT2D eigenvalue weighted by molar-refractivity contribution is 0.400. The van der Waals surface area contributed by atoms with Gasteiger partial charge in [0, 0.05) is 12.3 Å². The summed E-state index contributed by atoms with van der Waals surface area (Å²) in [5.74, 6) is 0.587. The number of nitrogen functional groups attached to an aromatic ring is 1. The Morgan fingerprint density at radius 2 is 2.24 bits per heavy atom. The molecule has 2 rings (SSSR count). The van der Waals surface area contributed by atoms with Gasteiger partial charge in [0.1, 0.15) is 5.76 Å². The van der Waals surface area contributed by atoms with E-state index in [1.54, 1.807) is 13.0 Å². The maximum Gasteiger partial charge on any atom is 0.282 e. The number of pyridine rings is 1. The molecule has 0 saturated carbocycles. The molecule has 2 aromatic rings. The van der Waals surface area contributed by atoms with Gasteiger partial charge in [-0.1, -0.05) is 5.16 Å². The maximum atomic E-state index is 11.9. The highest BCUT2D eigenvalue weighted by molar-refractivity contribution is 7.92. The highest BCUT2D eigenvalue weighted by Gasteiger charge is 2.20. The van der Waals surface area contributed by atoms with Crippen LogP contribution in [0.5, 0.6) is 0 Å². The number of nitrogens with two attached hydrogens (primary N) is 1. The Balaban J connectivity index is 2.35. The Bertz CT molecular complexity index is 635. The third kappa shape index (κ3) is 2.36. The largest absolute Gasteiger partial charge is 0.396 e. The summed E-state index contributed by atoms with van der Waals surface area (Å²) in [5, 5.41) is 3.29. The quantitative estimate of drug-likeness (QED) is 0.836. The number of nitrogens with zero attached hydrogens (tertiary/aromatic N) is 2. The van der Waals surface area contributed by atoms with E-state index in [9.17, 15) is 8.42 Å². The number of hydrogen-bond donors (Lipinski definition) is 2. The van der Waals surface area contributed by atoms with E-state index in [1.165, 1.54) is 18.3 Å². The minimum atomic E-state index is -3.84. The van der Waals surface area contributed by atoms with Crippen molar-refractivity contribution in [3.05, 3.63) is 30.2 Å². The summed E-state index contributed by atoms with van der Waals surface area (Å²) in [6.45, 7) is 1.65. The lowest BCUT2D eigenvalue weighted by atomic mass is 10.4. The molecule has 0 fully saturated rings. The van der Waals surface area contributed by atoms with Crippen LogP contribution in [-0.2, 0) is 10.0 Å². The number of nitrogens with one attached hydrogen (secondary N) is 1. The monoisotopic (exact) mass is 254 g/mol. The molecule has 17 heavy (non-hydrogen) atoms. The fourth-order valence-corrected chi connectivity index (χ4v) is 2.27. The SMILES string of the molecule is Cc1cc(NS(=O)(=O)c2ncccc2N)no1. The van der Waals surface area contributed by atoms with Crippen LogP contribution in [0.1, 0.15) is 5.76 Å². The van der Waals surface area contributed by atoms with Gasteiger partial charge in [-0.25, -0.2) is 4.98 Å². The first-order chi connectivity index (χ1) is 7.99. The normalized spacial score (nSPS) is 11.4. The van der Waals surface area contributed by atoms with E-state index in [4.69, 9.17) is 10.3 Å². The predicted molar refractivity (Wildman–Crippen MR) is 60.7 cm³/mol. The summed E-state index contributed by atoms with van der Waals surface area (Å²) in [7, 11) is -3.84. The van der Waals surface area contributed by atoms with Crippen molar-refractivity contribution in [2.24, 2.45) is 0 Å². The lowest BCUT2D eigenvalue weighted by Gasteiger charge is -2.05. The van der Waals surface area contributed by atoms with Crippen LogP contribution in [0.4, 0.5) is 11.5 Å². The van der Waals surface area contributed by atoms with Gasteiger partial charge in [0.2, 0.25) is 0 Å². The average Bonchev–Trinajstić information content (AvgIpc) is 2.63. The zero-order valence-electron chi connectivity index (χ0n) is 8.91. The molecule has 8 heteroatoms. The van der Waals surface area contributed by atoms with Crippen LogP contribution in [0, 0.1) is 6.92 Å². The highest BCUT2D eigenvalue weighted by atomic mass is 32.2. The fourth-order valence-electron chi connectivity index (χ4n) is 1.23. The maximum absolute atomic E-state index is 11.9. The van der Waals surface area contributed by atoms with Crippen molar-refractivity contribution in [2.45, 2.75) is 11.9 Å². The first-order valence-corrected chi connectivity index (χ1v) is 6.14. The van der Waals surface area contributed by atoms with Gasteiger partial charge in [-0.3, -0.25) is 4.72 Å². The number of sulfonamides is 1. The van der Waals surface area contributed by atoms with E-state index >= 15 is 0 Å². The molecule has 0 aliphatic rings. The minimum Gasteiger partial charge on any atom is -0.396 e. The van der Waals surface area contributed by atoms with Crippen molar-refractivity contribution in [3.63, 3.8) is 0 Å².